The van der Waals surface area contributed by atoms with Crippen molar-refractivity contribution in [2.75, 3.05) is 6.54 Å². The van der Waals surface area contributed by atoms with Gasteiger partial charge in [-0.25, -0.2) is 9.50 Å². The van der Waals surface area contributed by atoms with Crippen LogP contribution in [-0.2, 0) is 11.2 Å². The normalized spacial score (nSPS) is 11.9. The molecule has 6 heteroatoms. The molecule has 0 fully saturated rings. The Morgan fingerprint density at radius 3 is 3.00 bits per heavy atom. The Kier molecular flexibility index (Phi) is 3.15. The van der Waals surface area contributed by atoms with E-state index >= 15 is 0 Å². The first kappa shape index (κ1) is 12.0. The molecule has 0 bridgehead atoms. The van der Waals surface area contributed by atoms with Gasteiger partial charge in [0.15, 0.2) is 0 Å². The summed E-state index contributed by atoms with van der Waals surface area (Å²) in [7, 11) is 0. The van der Waals surface area contributed by atoms with Gasteiger partial charge in [-0.3, -0.25) is 4.79 Å². The lowest BCUT2D eigenvalue weighted by Crippen LogP contribution is -2.36. The van der Waals surface area contributed by atoms with Crippen LogP contribution >= 0.6 is 11.3 Å². The molecule has 0 aliphatic heterocycles. The van der Waals surface area contributed by atoms with E-state index in [1.807, 2.05) is 30.7 Å². The topological polar surface area (TPSA) is 59.3 Å². The van der Waals surface area contributed by atoms with E-state index in [-0.39, 0.29) is 11.3 Å². The first-order chi connectivity index (χ1) is 7.98. The van der Waals surface area contributed by atoms with Crippen molar-refractivity contribution >= 4 is 22.2 Å². The molecule has 0 aliphatic carbocycles. The van der Waals surface area contributed by atoms with E-state index in [4.69, 9.17) is 0 Å². The van der Waals surface area contributed by atoms with Crippen LogP contribution in [-0.4, -0.2) is 27.0 Å². The Balaban J connectivity index is 1.92. The number of hydrogen-bond acceptors (Lipinski definition) is 4. The number of hydrogen-bond donors (Lipinski definition) is 1. The molecule has 92 valence electrons. The van der Waals surface area contributed by atoms with Gasteiger partial charge in [-0.1, -0.05) is 20.8 Å². The van der Waals surface area contributed by atoms with Crippen molar-refractivity contribution in [1.29, 1.82) is 0 Å². The fraction of sp³-hybridized carbons (Fsp3) is 0.545. The van der Waals surface area contributed by atoms with E-state index < -0.39 is 0 Å². The highest BCUT2D eigenvalue weighted by atomic mass is 32.1. The van der Waals surface area contributed by atoms with Gasteiger partial charge in [0.05, 0.1) is 5.69 Å². The van der Waals surface area contributed by atoms with Crippen molar-refractivity contribution in [2.24, 2.45) is 5.41 Å². The lowest BCUT2D eigenvalue weighted by atomic mass is 9.96. The minimum Gasteiger partial charge on any atom is -0.355 e. The molecule has 1 amide bonds. The number of rotatable bonds is 3. The van der Waals surface area contributed by atoms with Crippen LogP contribution in [0.4, 0.5) is 0 Å². The van der Waals surface area contributed by atoms with Crippen LogP contribution in [0.15, 0.2) is 11.7 Å². The molecule has 0 spiro atoms. The predicted molar refractivity (Wildman–Crippen MR) is 67.0 cm³/mol. The Morgan fingerprint density at radius 1 is 1.53 bits per heavy atom. The quantitative estimate of drug-likeness (QED) is 0.900. The second kappa shape index (κ2) is 4.44. The second-order valence-corrected chi connectivity index (χ2v) is 5.77. The van der Waals surface area contributed by atoms with E-state index in [1.54, 1.807) is 17.7 Å². The van der Waals surface area contributed by atoms with Crippen LogP contribution in [0.1, 0.15) is 26.5 Å². The average molecular weight is 252 g/mol. The summed E-state index contributed by atoms with van der Waals surface area (Å²) in [6.45, 7) is 6.34. The van der Waals surface area contributed by atoms with E-state index in [1.165, 1.54) is 0 Å². The summed E-state index contributed by atoms with van der Waals surface area (Å²) in [6.07, 6.45) is 2.31. The Morgan fingerprint density at radius 2 is 2.29 bits per heavy atom. The molecule has 2 rings (SSSR count). The predicted octanol–water partition coefficient (Wildman–Crippen LogP) is 1.50. The number of nitrogens with one attached hydrogen (secondary N) is 1. The van der Waals surface area contributed by atoms with E-state index in [0.29, 0.717) is 6.54 Å². The molecule has 0 unspecified atom stereocenters. The maximum atomic E-state index is 11.7. The fourth-order valence-electron chi connectivity index (χ4n) is 1.41. The maximum Gasteiger partial charge on any atom is 0.225 e. The highest BCUT2D eigenvalue weighted by molar-refractivity contribution is 7.15. The third kappa shape index (κ3) is 2.63. The zero-order valence-electron chi connectivity index (χ0n) is 10.2. The smallest absolute Gasteiger partial charge is 0.225 e. The molecule has 2 aromatic heterocycles. The molecule has 5 nitrogen and oxygen atoms in total. The van der Waals surface area contributed by atoms with Crippen molar-refractivity contribution in [1.82, 2.24) is 19.9 Å². The lowest BCUT2D eigenvalue weighted by Gasteiger charge is -2.17. The molecule has 0 aliphatic rings. The summed E-state index contributed by atoms with van der Waals surface area (Å²) in [5.74, 6) is 0.0718. The van der Waals surface area contributed by atoms with Gasteiger partial charge in [0.1, 0.15) is 6.33 Å². The zero-order valence-corrected chi connectivity index (χ0v) is 11.0. The molecule has 0 saturated carbocycles. The number of amides is 1. The van der Waals surface area contributed by atoms with Gasteiger partial charge in [0.2, 0.25) is 10.9 Å². The number of fused-ring (bicyclic) bond motifs is 1. The summed E-state index contributed by atoms with van der Waals surface area (Å²) in [4.78, 5) is 16.7. The summed E-state index contributed by atoms with van der Waals surface area (Å²) < 4.78 is 1.81. The summed E-state index contributed by atoms with van der Waals surface area (Å²) in [6, 6.07) is 0. The molecule has 0 atom stereocenters. The first-order valence-electron chi connectivity index (χ1n) is 5.53. The van der Waals surface area contributed by atoms with Gasteiger partial charge in [-0.05, 0) is 0 Å². The van der Waals surface area contributed by atoms with Crippen LogP contribution < -0.4 is 5.32 Å². The lowest BCUT2D eigenvalue weighted by molar-refractivity contribution is -0.128. The standard InChI is InChI=1S/C11H16N4OS/c1-11(2,3)9(16)12-5-4-8-6-17-10-13-7-14-15(8)10/h6-7H,4-5H2,1-3H3,(H,12,16). The average Bonchev–Trinajstić information content (AvgIpc) is 2.80. The van der Waals surface area contributed by atoms with E-state index in [2.05, 4.69) is 15.4 Å². The van der Waals surface area contributed by atoms with Gasteiger partial charge in [-0.2, -0.15) is 5.10 Å². The first-order valence-corrected chi connectivity index (χ1v) is 6.41. The third-order valence-electron chi connectivity index (χ3n) is 2.44. The molecule has 2 aromatic rings. The summed E-state index contributed by atoms with van der Waals surface area (Å²) in [5.41, 5.74) is 0.744. The second-order valence-electron chi connectivity index (χ2n) is 4.94. The van der Waals surface area contributed by atoms with Gasteiger partial charge in [-0.15, -0.1) is 11.3 Å². The SMILES string of the molecule is CC(C)(C)C(=O)NCCc1csc2ncnn12. The number of carbonyl (C=O) groups excluding carboxylic acids is 1. The van der Waals surface area contributed by atoms with Gasteiger partial charge >= 0.3 is 0 Å². The molecular weight excluding hydrogens is 236 g/mol. The molecule has 2 heterocycles. The number of nitrogens with zero attached hydrogens (tertiary/aromatic N) is 3. The van der Waals surface area contributed by atoms with Crippen LogP contribution in [0.25, 0.3) is 4.96 Å². The van der Waals surface area contributed by atoms with Crippen molar-refractivity contribution in [3.8, 4) is 0 Å². The number of thiazole rings is 1. The minimum absolute atomic E-state index is 0.0718. The van der Waals surface area contributed by atoms with Gasteiger partial charge < -0.3 is 5.32 Å². The Bertz CT molecular complexity index is 523. The van der Waals surface area contributed by atoms with E-state index in [9.17, 15) is 4.79 Å². The Labute approximate surface area is 104 Å². The van der Waals surface area contributed by atoms with Crippen molar-refractivity contribution < 1.29 is 4.79 Å². The van der Waals surface area contributed by atoms with E-state index in [0.717, 1.165) is 17.1 Å². The van der Waals surface area contributed by atoms with Crippen LogP contribution in [0.3, 0.4) is 0 Å². The minimum atomic E-state index is -0.336. The zero-order chi connectivity index (χ0) is 12.5. The largest absolute Gasteiger partial charge is 0.355 e. The molecule has 0 radical (unpaired) electrons. The van der Waals surface area contributed by atoms with Gasteiger partial charge in [0, 0.05) is 23.8 Å². The number of aromatic nitrogens is 3. The summed E-state index contributed by atoms with van der Waals surface area (Å²) >= 11 is 1.56. The van der Waals surface area contributed by atoms with Crippen LogP contribution in [0.2, 0.25) is 0 Å². The molecule has 0 aromatic carbocycles. The fourth-order valence-corrected chi connectivity index (χ4v) is 2.24. The highest BCUT2D eigenvalue weighted by Crippen LogP contribution is 2.14. The molecular formula is C11H16N4OS. The van der Waals surface area contributed by atoms with Crippen molar-refractivity contribution in [3.05, 3.63) is 17.4 Å². The van der Waals surface area contributed by atoms with Crippen LogP contribution in [0, 0.1) is 5.41 Å². The molecule has 0 saturated heterocycles. The Hall–Kier alpha value is -1.43. The monoisotopic (exact) mass is 252 g/mol. The molecule has 17 heavy (non-hydrogen) atoms. The van der Waals surface area contributed by atoms with Crippen LogP contribution in [0.5, 0.6) is 0 Å². The number of carbonyl (C=O) groups is 1. The maximum absolute atomic E-state index is 11.7. The summed E-state index contributed by atoms with van der Waals surface area (Å²) in [5, 5.41) is 9.08. The van der Waals surface area contributed by atoms with Crippen molar-refractivity contribution in [3.63, 3.8) is 0 Å². The molecule has 1 N–H and O–H groups in total. The highest BCUT2D eigenvalue weighted by Gasteiger charge is 2.20. The van der Waals surface area contributed by atoms with Crippen molar-refractivity contribution in [2.45, 2.75) is 27.2 Å². The third-order valence-corrected chi connectivity index (χ3v) is 3.32. The van der Waals surface area contributed by atoms with Gasteiger partial charge in [0.25, 0.3) is 0 Å².